The molecule has 0 saturated carbocycles. The molecule has 114 valence electrons. The van der Waals surface area contributed by atoms with Gasteiger partial charge in [-0.15, -0.1) is 0 Å². The molecule has 4 nitrogen and oxygen atoms in total. The van der Waals surface area contributed by atoms with Crippen LogP contribution in [0.15, 0.2) is 53.7 Å². The van der Waals surface area contributed by atoms with Crippen LogP contribution < -0.4 is 0 Å². The fraction of sp³-hybridized carbons (Fsp3) is 0.222. The third kappa shape index (κ3) is 4.19. The maximum absolute atomic E-state index is 11.5. The van der Waals surface area contributed by atoms with E-state index < -0.39 is 0 Å². The van der Waals surface area contributed by atoms with Crippen molar-refractivity contribution < 1.29 is 14.4 Å². The Morgan fingerprint density at radius 3 is 2.45 bits per heavy atom. The monoisotopic (exact) mass is 297 g/mol. The van der Waals surface area contributed by atoms with E-state index in [1.54, 1.807) is 18.2 Å². The van der Waals surface area contributed by atoms with Gasteiger partial charge in [-0.1, -0.05) is 47.1 Å². The predicted octanol–water partition coefficient (Wildman–Crippen LogP) is 3.72. The summed E-state index contributed by atoms with van der Waals surface area (Å²) >= 11 is 0. The summed E-state index contributed by atoms with van der Waals surface area (Å²) in [5.41, 5.74) is 4.30. The van der Waals surface area contributed by atoms with Gasteiger partial charge in [-0.3, -0.25) is 0 Å². The largest absolute Gasteiger partial charge is 0.465 e. The minimum atomic E-state index is -0.366. The number of ether oxygens (including phenoxy) is 1. The number of nitrogens with zero attached hydrogens (tertiary/aromatic N) is 1. The lowest BCUT2D eigenvalue weighted by molar-refractivity contribution is 0.0600. The second-order valence-corrected chi connectivity index (χ2v) is 5.01. The number of methoxy groups -OCH3 is 1. The second kappa shape index (κ2) is 7.41. The van der Waals surface area contributed by atoms with Gasteiger partial charge in [-0.2, -0.15) is 0 Å². The van der Waals surface area contributed by atoms with Crippen molar-refractivity contribution in [3.63, 3.8) is 0 Å². The molecule has 0 unspecified atom stereocenters. The molecule has 0 bridgehead atoms. The van der Waals surface area contributed by atoms with Crippen molar-refractivity contribution in [2.75, 3.05) is 7.11 Å². The standard InChI is InChI=1S/C18H19NO3/c1-13-7-9-15(10-8-13)12-22-19-14(2)16-5-4-6-17(11-16)18(20)21-3/h4-11H,12H2,1-3H3/b19-14+. The van der Waals surface area contributed by atoms with Crippen LogP contribution in [0.5, 0.6) is 0 Å². The van der Waals surface area contributed by atoms with E-state index in [1.165, 1.54) is 12.7 Å². The number of esters is 1. The molecule has 0 aliphatic heterocycles. The molecule has 22 heavy (non-hydrogen) atoms. The normalized spacial score (nSPS) is 11.1. The minimum Gasteiger partial charge on any atom is -0.465 e. The first-order valence-electron chi connectivity index (χ1n) is 7.01. The van der Waals surface area contributed by atoms with E-state index in [0.717, 1.165) is 11.1 Å². The first-order valence-corrected chi connectivity index (χ1v) is 7.01. The van der Waals surface area contributed by atoms with Crippen LogP contribution in [0, 0.1) is 6.92 Å². The highest BCUT2D eigenvalue weighted by Crippen LogP contribution is 2.09. The van der Waals surface area contributed by atoms with Crippen LogP contribution in [-0.4, -0.2) is 18.8 Å². The van der Waals surface area contributed by atoms with Crippen LogP contribution in [0.25, 0.3) is 0 Å². The maximum atomic E-state index is 11.5. The number of carbonyl (C=O) groups excluding carboxylic acids is 1. The Bertz CT molecular complexity index is 675. The highest BCUT2D eigenvalue weighted by Gasteiger charge is 2.07. The van der Waals surface area contributed by atoms with Crippen LogP contribution in [0.3, 0.4) is 0 Å². The molecule has 2 aromatic rings. The lowest BCUT2D eigenvalue weighted by atomic mass is 10.1. The predicted molar refractivity (Wildman–Crippen MR) is 86.0 cm³/mol. The van der Waals surface area contributed by atoms with E-state index in [9.17, 15) is 4.79 Å². The van der Waals surface area contributed by atoms with Gasteiger partial charge >= 0.3 is 5.97 Å². The number of rotatable bonds is 5. The van der Waals surface area contributed by atoms with Crippen molar-refractivity contribution in [3.05, 3.63) is 70.8 Å². The topological polar surface area (TPSA) is 47.9 Å². The molecule has 0 aliphatic rings. The second-order valence-electron chi connectivity index (χ2n) is 5.01. The first kappa shape index (κ1) is 15.8. The van der Waals surface area contributed by atoms with E-state index in [0.29, 0.717) is 17.9 Å². The smallest absolute Gasteiger partial charge is 0.337 e. The summed E-state index contributed by atoms with van der Waals surface area (Å²) in [5.74, 6) is -0.366. The first-order chi connectivity index (χ1) is 10.6. The van der Waals surface area contributed by atoms with Gasteiger partial charge < -0.3 is 9.57 Å². The van der Waals surface area contributed by atoms with Gasteiger partial charge in [0.25, 0.3) is 0 Å². The molecule has 2 aromatic carbocycles. The average molecular weight is 297 g/mol. The zero-order chi connectivity index (χ0) is 15.9. The highest BCUT2D eigenvalue weighted by atomic mass is 16.6. The van der Waals surface area contributed by atoms with Crippen LogP contribution in [-0.2, 0) is 16.2 Å². The van der Waals surface area contributed by atoms with E-state index in [-0.39, 0.29) is 5.97 Å². The number of hydrogen-bond acceptors (Lipinski definition) is 4. The molecule has 0 saturated heterocycles. The van der Waals surface area contributed by atoms with E-state index >= 15 is 0 Å². The maximum Gasteiger partial charge on any atom is 0.337 e. The molecular formula is C18H19NO3. The van der Waals surface area contributed by atoms with Gasteiger partial charge in [0.1, 0.15) is 6.61 Å². The van der Waals surface area contributed by atoms with E-state index in [2.05, 4.69) is 5.16 Å². The fourth-order valence-electron chi connectivity index (χ4n) is 1.93. The van der Waals surface area contributed by atoms with Crippen molar-refractivity contribution in [2.24, 2.45) is 5.16 Å². The van der Waals surface area contributed by atoms with Gasteiger partial charge in [0, 0.05) is 0 Å². The van der Waals surface area contributed by atoms with Crippen molar-refractivity contribution >= 4 is 11.7 Å². The number of hydrogen-bond donors (Lipinski definition) is 0. The van der Waals surface area contributed by atoms with E-state index in [4.69, 9.17) is 9.57 Å². The van der Waals surface area contributed by atoms with Gasteiger partial charge in [0.05, 0.1) is 18.4 Å². The van der Waals surface area contributed by atoms with Crippen LogP contribution >= 0.6 is 0 Å². The summed E-state index contributed by atoms with van der Waals surface area (Å²) in [6, 6.07) is 15.2. The van der Waals surface area contributed by atoms with Crippen LogP contribution in [0.4, 0.5) is 0 Å². The molecule has 0 aliphatic carbocycles. The number of oxime groups is 1. The molecule has 0 fully saturated rings. The van der Waals surface area contributed by atoms with Crippen molar-refractivity contribution in [2.45, 2.75) is 20.5 Å². The van der Waals surface area contributed by atoms with Crippen LogP contribution in [0.1, 0.15) is 34.0 Å². The zero-order valence-corrected chi connectivity index (χ0v) is 13.0. The summed E-state index contributed by atoms with van der Waals surface area (Å²) in [5, 5.41) is 4.10. The van der Waals surface area contributed by atoms with Crippen molar-refractivity contribution in [1.29, 1.82) is 0 Å². The molecular weight excluding hydrogens is 278 g/mol. The molecule has 0 spiro atoms. The van der Waals surface area contributed by atoms with Crippen LogP contribution in [0.2, 0.25) is 0 Å². The quantitative estimate of drug-likeness (QED) is 0.480. The molecule has 0 aromatic heterocycles. The van der Waals surface area contributed by atoms with Crippen molar-refractivity contribution in [1.82, 2.24) is 0 Å². The van der Waals surface area contributed by atoms with Gasteiger partial charge in [0.15, 0.2) is 0 Å². The van der Waals surface area contributed by atoms with E-state index in [1.807, 2.05) is 44.2 Å². The lowest BCUT2D eigenvalue weighted by Gasteiger charge is -2.05. The van der Waals surface area contributed by atoms with Gasteiger partial charge in [-0.25, -0.2) is 4.79 Å². The third-order valence-electron chi connectivity index (χ3n) is 3.25. The summed E-state index contributed by atoms with van der Waals surface area (Å²) in [6.45, 7) is 4.29. The minimum absolute atomic E-state index is 0.366. The molecule has 4 heteroatoms. The Kier molecular flexibility index (Phi) is 5.31. The Labute approximate surface area is 130 Å². The molecule has 0 heterocycles. The summed E-state index contributed by atoms with van der Waals surface area (Å²) < 4.78 is 4.71. The summed E-state index contributed by atoms with van der Waals surface area (Å²) in [4.78, 5) is 16.9. The highest BCUT2D eigenvalue weighted by molar-refractivity contribution is 6.00. The zero-order valence-electron chi connectivity index (χ0n) is 13.0. The summed E-state index contributed by atoms with van der Waals surface area (Å²) in [7, 11) is 1.36. The number of aryl methyl sites for hydroxylation is 1. The Hall–Kier alpha value is -2.62. The molecule has 0 amide bonds. The molecule has 0 atom stereocenters. The molecule has 2 rings (SSSR count). The molecule has 0 N–H and O–H groups in total. The Balaban J connectivity index is 2.02. The number of carbonyl (C=O) groups is 1. The number of benzene rings is 2. The van der Waals surface area contributed by atoms with Crippen molar-refractivity contribution in [3.8, 4) is 0 Å². The lowest BCUT2D eigenvalue weighted by Crippen LogP contribution is -2.04. The average Bonchev–Trinajstić information content (AvgIpc) is 2.56. The van der Waals surface area contributed by atoms with Gasteiger partial charge in [-0.05, 0) is 37.1 Å². The Morgan fingerprint density at radius 2 is 1.77 bits per heavy atom. The third-order valence-corrected chi connectivity index (χ3v) is 3.25. The summed E-state index contributed by atoms with van der Waals surface area (Å²) in [6.07, 6.45) is 0. The fourth-order valence-corrected chi connectivity index (χ4v) is 1.93. The SMILES string of the molecule is COC(=O)c1cccc(/C(C)=N/OCc2ccc(C)cc2)c1. The van der Waals surface area contributed by atoms with Gasteiger partial charge in [0.2, 0.25) is 0 Å². The molecule has 0 radical (unpaired) electrons. The Morgan fingerprint density at radius 1 is 1.09 bits per heavy atom.